The van der Waals surface area contributed by atoms with Gasteiger partial charge in [0.1, 0.15) is 12.4 Å². The molecule has 0 unspecified atom stereocenters. The van der Waals surface area contributed by atoms with Gasteiger partial charge in [0.25, 0.3) is 0 Å². The van der Waals surface area contributed by atoms with Gasteiger partial charge in [0.05, 0.1) is 29.5 Å². The lowest BCUT2D eigenvalue weighted by molar-refractivity contribution is -0.139. The molecule has 0 saturated carbocycles. The molecule has 1 atom stereocenters. The van der Waals surface area contributed by atoms with Crippen LogP contribution in [0.2, 0.25) is 0 Å². The lowest BCUT2D eigenvalue weighted by Crippen LogP contribution is -2.50. The standard InChI is InChI=1S/C17H18F2N2O6/c1-3-25-15(23)13-9(2)20-17(24)21-12(13)8-26-14(22)10-4-6-11(7-5-10)27-16(18)19/h4-7,9,16H,3,8H2,1-2H3,(H2,20,21,24)/t9-/m0/s1. The van der Waals surface area contributed by atoms with Crippen molar-refractivity contribution in [3.63, 3.8) is 0 Å². The zero-order valence-electron chi connectivity index (χ0n) is 14.6. The Labute approximate surface area is 153 Å². The molecule has 1 aromatic carbocycles. The lowest BCUT2D eigenvalue weighted by atomic mass is 10.0. The summed E-state index contributed by atoms with van der Waals surface area (Å²) >= 11 is 0. The molecule has 0 fully saturated rings. The second kappa shape index (κ2) is 8.97. The molecule has 0 radical (unpaired) electrons. The molecule has 1 aliphatic heterocycles. The molecule has 0 bridgehead atoms. The van der Waals surface area contributed by atoms with E-state index in [1.807, 2.05) is 0 Å². The second-order valence-electron chi connectivity index (χ2n) is 5.41. The first kappa shape index (κ1) is 20.1. The average Bonchev–Trinajstić information content (AvgIpc) is 2.59. The zero-order valence-corrected chi connectivity index (χ0v) is 14.6. The van der Waals surface area contributed by atoms with Crippen LogP contribution in [0, 0.1) is 0 Å². The van der Waals surface area contributed by atoms with Gasteiger partial charge in [-0.05, 0) is 38.1 Å². The molecule has 146 valence electrons. The summed E-state index contributed by atoms with van der Waals surface area (Å²) in [5.41, 5.74) is 0.337. The van der Waals surface area contributed by atoms with Gasteiger partial charge in [-0.2, -0.15) is 8.78 Å². The maximum atomic E-state index is 12.1. The minimum atomic E-state index is -2.97. The normalized spacial score (nSPS) is 16.5. The first-order chi connectivity index (χ1) is 12.8. The Morgan fingerprint density at radius 2 is 1.81 bits per heavy atom. The summed E-state index contributed by atoms with van der Waals surface area (Å²) in [7, 11) is 0. The third kappa shape index (κ3) is 5.40. The molecule has 0 spiro atoms. The summed E-state index contributed by atoms with van der Waals surface area (Å²) in [6.07, 6.45) is 0. The summed E-state index contributed by atoms with van der Waals surface area (Å²) in [5.74, 6) is -1.51. The highest BCUT2D eigenvalue weighted by Gasteiger charge is 2.30. The van der Waals surface area contributed by atoms with Crippen LogP contribution in [0.15, 0.2) is 35.5 Å². The molecule has 1 aromatic rings. The van der Waals surface area contributed by atoms with E-state index in [2.05, 4.69) is 15.4 Å². The van der Waals surface area contributed by atoms with E-state index in [1.54, 1.807) is 13.8 Å². The first-order valence-corrected chi connectivity index (χ1v) is 8.01. The van der Waals surface area contributed by atoms with Crippen molar-refractivity contribution in [2.75, 3.05) is 13.2 Å². The van der Waals surface area contributed by atoms with Gasteiger partial charge in [-0.15, -0.1) is 0 Å². The molecular formula is C17H18F2N2O6. The minimum Gasteiger partial charge on any atom is -0.463 e. The van der Waals surface area contributed by atoms with Crippen LogP contribution >= 0.6 is 0 Å². The summed E-state index contributed by atoms with van der Waals surface area (Å²) in [5, 5.41) is 4.94. The lowest BCUT2D eigenvalue weighted by Gasteiger charge is -2.26. The predicted octanol–water partition coefficient (Wildman–Crippen LogP) is 1.96. The monoisotopic (exact) mass is 384 g/mol. The number of hydrogen-bond acceptors (Lipinski definition) is 6. The summed E-state index contributed by atoms with van der Waals surface area (Å²) in [4.78, 5) is 35.8. The van der Waals surface area contributed by atoms with E-state index < -0.39 is 30.6 Å². The fourth-order valence-corrected chi connectivity index (χ4v) is 2.39. The van der Waals surface area contributed by atoms with E-state index >= 15 is 0 Å². The number of hydrogen-bond donors (Lipinski definition) is 2. The maximum Gasteiger partial charge on any atom is 0.387 e. The van der Waals surface area contributed by atoms with Crippen LogP contribution in [0.4, 0.5) is 13.6 Å². The fourth-order valence-electron chi connectivity index (χ4n) is 2.39. The highest BCUT2D eigenvalue weighted by atomic mass is 19.3. The number of nitrogens with one attached hydrogen (secondary N) is 2. The van der Waals surface area contributed by atoms with Gasteiger partial charge in [-0.1, -0.05) is 0 Å². The van der Waals surface area contributed by atoms with Gasteiger partial charge in [-0.25, -0.2) is 14.4 Å². The Morgan fingerprint density at radius 1 is 1.15 bits per heavy atom. The SMILES string of the molecule is CCOC(=O)C1=C(COC(=O)c2ccc(OC(F)F)cc2)NC(=O)N[C@H]1C. The number of benzene rings is 1. The van der Waals surface area contributed by atoms with Crippen LogP contribution < -0.4 is 15.4 Å². The number of esters is 2. The van der Waals surface area contributed by atoms with Crippen molar-refractivity contribution in [3.05, 3.63) is 41.1 Å². The van der Waals surface area contributed by atoms with E-state index in [4.69, 9.17) is 9.47 Å². The molecule has 0 aliphatic carbocycles. The first-order valence-electron chi connectivity index (χ1n) is 8.01. The molecule has 10 heteroatoms. The number of urea groups is 1. The summed E-state index contributed by atoms with van der Waals surface area (Å²) in [6.45, 7) is 0.0260. The Morgan fingerprint density at radius 3 is 2.41 bits per heavy atom. The summed E-state index contributed by atoms with van der Waals surface area (Å²) < 4.78 is 38.5. The van der Waals surface area contributed by atoms with Crippen LogP contribution in [-0.4, -0.2) is 43.8 Å². The Balaban J connectivity index is 2.09. The number of alkyl halides is 2. The van der Waals surface area contributed by atoms with E-state index in [9.17, 15) is 23.2 Å². The van der Waals surface area contributed by atoms with Crippen molar-refractivity contribution in [1.82, 2.24) is 10.6 Å². The van der Waals surface area contributed by atoms with E-state index in [0.717, 1.165) is 0 Å². The molecule has 1 aliphatic rings. The molecular weight excluding hydrogens is 366 g/mol. The molecule has 2 rings (SSSR count). The van der Waals surface area contributed by atoms with Crippen molar-refractivity contribution in [1.29, 1.82) is 0 Å². The van der Waals surface area contributed by atoms with Crippen LogP contribution in [-0.2, 0) is 14.3 Å². The Bertz CT molecular complexity index is 748. The van der Waals surface area contributed by atoms with Crippen LogP contribution in [0.3, 0.4) is 0 Å². The third-order valence-corrected chi connectivity index (χ3v) is 3.53. The number of amides is 2. The van der Waals surface area contributed by atoms with Gasteiger partial charge >= 0.3 is 24.6 Å². The largest absolute Gasteiger partial charge is 0.463 e. The molecule has 2 amide bonds. The smallest absolute Gasteiger partial charge is 0.387 e. The minimum absolute atomic E-state index is 0.0863. The van der Waals surface area contributed by atoms with Crippen molar-refractivity contribution < 1.29 is 37.4 Å². The van der Waals surface area contributed by atoms with Crippen molar-refractivity contribution in [3.8, 4) is 5.75 Å². The number of ether oxygens (including phenoxy) is 3. The number of carbonyl (C=O) groups excluding carboxylic acids is 3. The second-order valence-corrected chi connectivity index (χ2v) is 5.41. The molecule has 1 heterocycles. The molecule has 0 aromatic heterocycles. The third-order valence-electron chi connectivity index (χ3n) is 3.53. The van der Waals surface area contributed by atoms with E-state index in [0.29, 0.717) is 0 Å². The maximum absolute atomic E-state index is 12.1. The van der Waals surface area contributed by atoms with Crippen LogP contribution in [0.5, 0.6) is 5.75 Å². The van der Waals surface area contributed by atoms with E-state index in [-0.39, 0.29) is 35.8 Å². The van der Waals surface area contributed by atoms with Crippen molar-refractivity contribution >= 4 is 18.0 Å². The van der Waals surface area contributed by atoms with Gasteiger partial charge < -0.3 is 24.8 Å². The van der Waals surface area contributed by atoms with Crippen molar-refractivity contribution in [2.45, 2.75) is 26.5 Å². The topological polar surface area (TPSA) is 103 Å². The van der Waals surface area contributed by atoms with Crippen LogP contribution in [0.1, 0.15) is 24.2 Å². The fraction of sp³-hybridized carbons (Fsp3) is 0.353. The van der Waals surface area contributed by atoms with Crippen LogP contribution in [0.25, 0.3) is 0 Å². The average molecular weight is 384 g/mol. The number of carbonyl (C=O) groups is 3. The number of rotatable bonds is 7. The molecule has 8 nitrogen and oxygen atoms in total. The molecule has 2 N–H and O–H groups in total. The highest BCUT2D eigenvalue weighted by Crippen LogP contribution is 2.17. The zero-order chi connectivity index (χ0) is 20.0. The van der Waals surface area contributed by atoms with Crippen molar-refractivity contribution in [2.24, 2.45) is 0 Å². The number of halogens is 2. The highest BCUT2D eigenvalue weighted by molar-refractivity contribution is 5.95. The van der Waals surface area contributed by atoms with Gasteiger partial charge in [0.2, 0.25) is 0 Å². The van der Waals surface area contributed by atoms with Gasteiger partial charge in [0.15, 0.2) is 0 Å². The molecule has 0 saturated heterocycles. The summed E-state index contributed by atoms with van der Waals surface area (Å²) in [6, 6.07) is 3.72. The van der Waals surface area contributed by atoms with Gasteiger partial charge in [-0.3, -0.25) is 0 Å². The molecule has 27 heavy (non-hydrogen) atoms. The predicted molar refractivity (Wildman–Crippen MR) is 88.1 cm³/mol. The van der Waals surface area contributed by atoms with E-state index in [1.165, 1.54) is 24.3 Å². The Kier molecular flexibility index (Phi) is 6.69. The Hall–Kier alpha value is -3.17. The van der Waals surface area contributed by atoms with Gasteiger partial charge in [0, 0.05) is 0 Å². The quantitative estimate of drug-likeness (QED) is 0.697.